The number of halogens is 1. The normalized spacial score (nSPS) is 12.2. The summed E-state index contributed by atoms with van der Waals surface area (Å²) >= 11 is 0. The van der Waals surface area contributed by atoms with Gasteiger partial charge in [-0.3, -0.25) is 4.79 Å². The number of amides is 1. The van der Waals surface area contributed by atoms with Gasteiger partial charge in [-0.1, -0.05) is 6.92 Å². The van der Waals surface area contributed by atoms with Crippen molar-refractivity contribution in [3.05, 3.63) is 29.6 Å². The molecule has 1 aromatic rings. The minimum Gasteiger partial charge on any atom is -0.481 e. The Bertz CT molecular complexity index is 410. The molecule has 3 N–H and O–H groups in total. The topological polar surface area (TPSA) is 64.3 Å². The molecule has 0 saturated heterocycles. The Morgan fingerprint density at radius 2 is 2.28 bits per heavy atom. The molecule has 0 radical (unpaired) electrons. The minimum absolute atomic E-state index is 0.331. The average Bonchev–Trinajstić information content (AvgIpc) is 2.32. The quantitative estimate of drug-likeness (QED) is 0.726. The lowest BCUT2D eigenvalue weighted by Gasteiger charge is -2.15. The van der Waals surface area contributed by atoms with Crippen molar-refractivity contribution in [1.29, 1.82) is 0 Å². The lowest BCUT2D eigenvalue weighted by Crippen LogP contribution is -2.31. The first-order valence-corrected chi connectivity index (χ1v) is 5.99. The van der Waals surface area contributed by atoms with Gasteiger partial charge < -0.3 is 15.8 Å². The summed E-state index contributed by atoms with van der Waals surface area (Å²) in [4.78, 5) is 10.9. The summed E-state index contributed by atoms with van der Waals surface area (Å²) in [6.45, 7) is 4.94. The number of rotatable bonds is 7. The lowest BCUT2D eigenvalue weighted by molar-refractivity contribution is -0.124. The van der Waals surface area contributed by atoms with E-state index >= 15 is 0 Å². The van der Waals surface area contributed by atoms with Gasteiger partial charge in [-0.05, 0) is 38.1 Å². The highest BCUT2D eigenvalue weighted by Gasteiger charge is 2.13. The number of carbonyl (C=O) groups excluding carboxylic acids is 1. The number of hydrogen-bond donors (Lipinski definition) is 2. The van der Waals surface area contributed by atoms with Crippen LogP contribution in [0.1, 0.15) is 25.8 Å². The van der Waals surface area contributed by atoms with E-state index in [1.807, 2.05) is 6.92 Å². The molecule has 0 saturated carbocycles. The average molecular weight is 254 g/mol. The van der Waals surface area contributed by atoms with Crippen molar-refractivity contribution < 1.29 is 13.9 Å². The maximum atomic E-state index is 13.2. The summed E-state index contributed by atoms with van der Waals surface area (Å²) in [5.41, 5.74) is 5.81. The van der Waals surface area contributed by atoms with Gasteiger partial charge in [0.25, 0.3) is 5.91 Å². The van der Waals surface area contributed by atoms with Crippen molar-refractivity contribution in [3.8, 4) is 5.75 Å². The van der Waals surface area contributed by atoms with Crippen LogP contribution in [0.4, 0.5) is 4.39 Å². The van der Waals surface area contributed by atoms with Crippen LogP contribution in [0.25, 0.3) is 0 Å². The molecule has 1 amide bonds. The van der Waals surface area contributed by atoms with Gasteiger partial charge in [0.2, 0.25) is 0 Å². The number of nitrogens with two attached hydrogens (primary N) is 1. The third kappa shape index (κ3) is 4.33. The molecule has 0 aromatic heterocycles. The molecule has 18 heavy (non-hydrogen) atoms. The minimum atomic E-state index is -0.736. The molecule has 1 aromatic carbocycles. The van der Waals surface area contributed by atoms with Crippen molar-refractivity contribution >= 4 is 5.91 Å². The molecule has 1 unspecified atom stereocenters. The van der Waals surface area contributed by atoms with Gasteiger partial charge in [0.15, 0.2) is 6.10 Å². The fraction of sp³-hybridized carbons (Fsp3) is 0.462. The van der Waals surface area contributed by atoms with Crippen LogP contribution in [0.15, 0.2) is 18.2 Å². The molecule has 4 nitrogen and oxygen atoms in total. The molecule has 0 spiro atoms. The molecule has 0 heterocycles. The van der Waals surface area contributed by atoms with E-state index in [0.29, 0.717) is 17.9 Å². The second kappa shape index (κ2) is 6.96. The predicted molar refractivity (Wildman–Crippen MR) is 67.7 cm³/mol. The summed E-state index contributed by atoms with van der Waals surface area (Å²) < 4.78 is 18.6. The number of nitrogens with one attached hydrogen (secondary N) is 1. The molecular formula is C13H19FN2O2. The zero-order chi connectivity index (χ0) is 13.5. The molecule has 100 valence electrons. The van der Waals surface area contributed by atoms with Crippen LogP contribution < -0.4 is 15.8 Å². The van der Waals surface area contributed by atoms with Gasteiger partial charge in [0, 0.05) is 12.1 Å². The van der Waals surface area contributed by atoms with Crippen molar-refractivity contribution in [2.75, 3.05) is 6.54 Å². The van der Waals surface area contributed by atoms with E-state index in [9.17, 15) is 9.18 Å². The molecule has 0 fully saturated rings. The van der Waals surface area contributed by atoms with Crippen LogP contribution >= 0.6 is 0 Å². The second-order valence-electron chi connectivity index (χ2n) is 4.09. The number of primary amides is 1. The van der Waals surface area contributed by atoms with Gasteiger partial charge in [0.05, 0.1) is 0 Å². The molecule has 0 aliphatic heterocycles. The van der Waals surface area contributed by atoms with Crippen molar-refractivity contribution in [2.24, 2.45) is 5.73 Å². The standard InChI is InChI=1S/C13H19FN2O2/c1-3-6-16-8-10-7-11(14)4-5-12(10)18-9(2)13(15)17/h4-5,7,9,16H,3,6,8H2,1-2H3,(H2,15,17). The van der Waals surface area contributed by atoms with E-state index in [4.69, 9.17) is 10.5 Å². The van der Waals surface area contributed by atoms with Crippen LogP contribution in [0, 0.1) is 5.82 Å². The Morgan fingerprint density at radius 3 is 2.89 bits per heavy atom. The summed E-state index contributed by atoms with van der Waals surface area (Å²) in [5, 5.41) is 3.16. The van der Waals surface area contributed by atoms with E-state index in [1.165, 1.54) is 18.2 Å². The van der Waals surface area contributed by atoms with Crippen LogP contribution in [0.3, 0.4) is 0 Å². The third-order valence-electron chi connectivity index (χ3n) is 2.47. The molecule has 0 bridgehead atoms. The predicted octanol–water partition coefficient (Wildman–Crippen LogP) is 1.58. The first-order chi connectivity index (χ1) is 8.54. The summed E-state index contributed by atoms with van der Waals surface area (Å²) in [6.07, 6.45) is 0.254. The van der Waals surface area contributed by atoms with Gasteiger partial charge in [0.1, 0.15) is 11.6 Å². The van der Waals surface area contributed by atoms with E-state index in [0.717, 1.165) is 13.0 Å². The summed E-state index contributed by atoms with van der Waals surface area (Å²) in [7, 11) is 0. The second-order valence-corrected chi connectivity index (χ2v) is 4.09. The van der Waals surface area contributed by atoms with Crippen LogP contribution in [0.2, 0.25) is 0 Å². The van der Waals surface area contributed by atoms with Crippen molar-refractivity contribution in [3.63, 3.8) is 0 Å². The lowest BCUT2D eigenvalue weighted by atomic mass is 10.2. The molecule has 1 atom stereocenters. The molecule has 0 aliphatic rings. The highest BCUT2D eigenvalue weighted by molar-refractivity contribution is 5.78. The maximum Gasteiger partial charge on any atom is 0.258 e. The van der Waals surface area contributed by atoms with Crippen LogP contribution in [-0.4, -0.2) is 18.6 Å². The molecule has 1 rings (SSSR count). The van der Waals surface area contributed by atoms with E-state index in [1.54, 1.807) is 6.92 Å². The van der Waals surface area contributed by atoms with Crippen LogP contribution in [0.5, 0.6) is 5.75 Å². The van der Waals surface area contributed by atoms with Gasteiger partial charge in [-0.15, -0.1) is 0 Å². The van der Waals surface area contributed by atoms with Crippen molar-refractivity contribution in [2.45, 2.75) is 32.9 Å². The summed E-state index contributed by atoms with van der Waals surface area (Å²) in [6, 6.07) is 4.20. The Balaban J connectivity index is 2.78. The molecule has 0 aliphatic carbocycles. The number of ether oxygens (including phenoxy) is 1. The zero-order valence-electron chi connectivity index (χ0n) is 10.7. The Morgan fingerprint density at radius 1 is 1.56 bits per heavy atom. The monoisotopic (exact) mass is 254 g/mol. The first kappa shape index (κ1) is 14.4. The molecular weight excluding hydrogens is 235 g/mol. The molecule has 5 heteroatoms. The number of benzene rings is 1. The van der Waals surface area contributed by atoms with Gasteiger partial charge in [-0.2, -0.15) is 0 Å². The Kier molecular flexibility index (Phi) is 5.58. The van der Waals surface area contributed by atoms with E-state index in [-0.39, 0.29) is 5.82 Å². The highest BCUT2D eigenvalue weighted by atomic mass is 19.1. The zero-order valence-corrected chi connectivity index (χ0v) is 10.7. The maximum absolute atomic E-state index is 13.2. The van der Waals surface area contributed by atoms with E-state index < -0.39 is 12.0 Å². The third-order valence-corrected chi connectivity index (χ3v) is 2.47. The van der Waals surface area contributed by atoms with Gasteiger partial charge in [-0.25, -0.2) is 4.39 Å². The largest absolute Gasteiger partial charge is 0.481 e. The Hall–Kier alpha value is -1.62. The number of carbonyl (C=O) groups is 1. The fourth-order valence-electron chi connectivity index (χ4n) is 1.45. The Labute approximate surface area is 106 Å². The van der Waals surface area contributed by atoms with Gasteiger partial charge >= 0.3 is 0 Å². The first-order valence-electron chi connectivity index (χ1n) is 5.99. The smallest absolute Gasteiger partial charge is 0.258 e. The highest BCUT2D eigenvalue weighted by Crippen LogP contribution is 2.21. The van der Waals surface area contributed by atoms with Crippen molar-refractivity contribution in [1.82, 2.24) is 5.32 Å². The summed E-state index contributed by atoms with van der Waals surface area (Å²) in [5.74, 6) is -0.402. The van der Waals surface area contributed by atoms with E-state index in [2.05, 4.69) is 5.32 Å². The number of hydrogen-bond acceptors (Lipinski definition) is 3. The fourth-order valence-corrected chi connectivity index (χ4v) is 1.45. The van der Waals surface area contributed by atoms with Crippen LogP contribution in [-0.2, 0) is 11.3 Å². The SMILES string of the molecule is CCCNCc1cc(F)ccc1OC(C)C(N)=O.